The quantitative estimate of drug-likeness (QED) is 0.490. The summed E-state index contributed by atoms with van der Waals surface area (Å²) < 4.78 is 19.7. The summed E-state index contributed by atoms with van der Waals surface area (Å²) in [5, 5.41) is 15.5. The Morgan fingerprint density at radius 3 is 2.43 bits per heavy atom. The zero-order chi connectivity index (χ0) is 19.9. The Morgan fingerprint density at radius 2 is 1.75 bits per heavy atom. The van der Waals surface area contributed by atoms with Crippen LogP contribution in [0.4, 0.5) is 4.39 Å². The van der Waals surface area contributed by atoms with E-state index in [9.17, 15) is 9.50 Å². The molecule has 0 unspecified atom stereocenters. The van der Waals surface area contributed by atoms with Crippen LogP contribution in [-0.2, 0) is 13.0 Å². The second-order valence-corrected chi connectivity index (χ2v) is 7.32. The van der Waals surface area contributed by atoms with Crippen molar-refractivity contribution < 1.29 is 14.0 Å². The molecule has 2 aromatic carbocycles. The number of unbranched alkanes of at least 4 members (excludes halogenated alkanes) is 2. The molecule has 1 aromatic heterocycles. The molecule has 0 saturated heterocycles. The van der Waals surface area contributed by atoms with Crippen molar-refractivity contribution in [3.8, 4) is 5.75 Å². The third-order valence-corrected chi connectivity index (χ3v) is 5.15. The van der Waals surface area contributed by atoms with Crippen LogP contribution in [0.15, 0.2) is 40.9 Å². The number of nitrogens with zero attached hydrogens (tertiary/aromatic N) is 2. The minimum absolute atomic E-state index is 0.221. The fraction of sp³-hybridized carbons (Fsp3) is 0.435. The van der Waals surface area contributed by atoms with E-state index in [0.717, 1.165) is 49.7 Å². The van der Waals surface area contributed by atoms with Crippen LogP contribution in [0.1, 0.15) is 56.4 Å². The number of aromatic hydroxyl groups is 1. The van der Waals surface area contributed by atoms with Gasteiger partial charge in [0, 0.05) is 18.4 Å². The van der Waals surface area contributed by atoms with E-state index in [-0.39, 0.29) is 11.6 Å². The maximum Gasteiger partial charge on any atom is 0.175 e. The van der Waals surface area contributed by atoms with Crippen LogP contribution in [-0.4, -0.2) is 28.3 Å². The van der Waals surface area contributed by atoms with E-state index < -0.39 is 0 Å². The van der Waals surface area contributed by atoms with Gasteiger partial charge in [-0.15, -0.1) is 0 Å². The molecule has 5 heteroatoms. The lowest BCUT2D eigenvalue weighted by molar-refractivity contribution is 0.253. The van der Waals surface area contributed by atoms with Crippen molar-refractivity contribution in [1.29, 1.82) is 0 Å². The lowest BCUT2D eigenvalue weighted by Gasteiger charge is -2.22. The van der Waals surface area contributed by atoms with Crippen LogP contribution in [0.3, 0.4) is 0 Å². The van der Waals surface area contributed by atoms with Crippen molar-refractivity contribution in [3.63, 3.8) is 0 Å². The first-order valence-corrected chi connectivity index (χ1v) is 10.2. The van der Waals surface area contributed by atoms with Crippen LogP contribution in [0.2, 0.25) is 0 Å². The lowest BCUT2D eigenvalue weighted by atomic mass is 10.0. The first-order valence-electron chi connectivity index (χ1n) is 10.2. The number of rotatable bonds is 10. The Labute approximate surface area is 166 Å². The fourth-order valence-electron chi connectivity index (χ4n) is 3.46. The molecule has 28 heavy (non-hydrogen) atoms. The monoisotopic (exact) mass is 384 g/mol. The number of phenols is 1. The molecule has 0 bridgehead atoms. The molecule has 0 aliphatic heterocycles. The van der Waals surface area contributed by atoms with Gasteiger partial charge in [-0.2, -0.15) is 0 Å². The van der Waals surface area contributed by atoms with Crippen molar-refractivity contribution in [2.45, 2.75) is 52.5 Å². The van der Waals surface area contributed by atoms with Gasteiger partial charge in [0.25, 0.3) is 0 Å². The van der Waals surface area contributed by atoms with E-state index in [2.05, 4.69) is 23.9 Å². The molecule has 1 heterocycles. The zero-order valence-electron chi connectivity index (χ0n) is 16.7. The molecule has 0 fully saturated rings. The Bertz CT molecular complexity index is 899. The highest BCUT2D eigenvalue weighted by Gasteiger charge is 2.19. The maximum absolute atomic E-state index is 14.0. The molecule has 150 valence electrons. The van der Waals surface area contributed by atoms with Crippen molar-refractivity contribution in [1.82, 2.24) is 10.1 Å². The maximum atomic E-state index is 14.0. The molecule has 0 aliphatic rings. The predicted molar refractivity (Wildman–Crippen MR) is 110 cm³/mol. The average Bonchev–Trinajstić information content (AvgIpc) is 3.10. The summed E-state index contributed by atoms with van der Waals surface area (Å²) in [4.78, 5) is 2.36. The molecular weight excluding hydrogens is 355 g/mol. The van der Waals surface area contributed by atoms with Crippen molar-refractivity contribution in [2.24, 2.45) is 0 Å². The van der Waals surface area contributed by atoms with Crippen LogP contribution in [0, 0.1) is 5.82 Å². The molecule has 1 N–H and O–H groups in total. The van der Waals surface area contributed by atoms with Crippen LogP contribution < -0.4 is 0 Å². The van der Waals surface area contributed by atoms with Crippen LogP contribution in [0.25, 0.3) is 11.0 Å². The minimum atomic E-state index is -0.247. The summed E-state index contributed by atoms with van der Waals surface area (Å²) in [7, 11) is 0. The largest absolute Gasteiger partial charge is 0.507 e. The number of aromatic nitrogens is 1. The summed E-state index contributed by atoms with van der Waals surface area (Å²) in [6.45, 7) is 6.96. The summed E-state index contributed by atoms with van der Waals surface area (Å²) in [6.07, 6.45) is 4.87. The van der Waals surface area contributed by atoms with Gasteiger partial charge in [-0.05, 0) is 49.7 Å². The average molecular weight is 384 g/mol. The standard InChI is InChI=1S/C23H29FN2O2/c1-3-5-13-26(14-6-4-2)16-19-22(27)12-11-18-21(25-28-23(18)19)15-17-9-7-8-10-20(17)24/h7-12,27H,3-6,13-16H2,1-2H3. The molecule has 3 aromatic rings. The normalized spacial score (nSPS) is 11.6. The van der Waals surface area contributed by atoms with E-state index in [0.29, 0.717) is 29.8 Å². The highest BCUT2D eigenvalue weighted by molar-refractivity contribution is 5.84. The molecule has 3 rings (SSSR count). The van der Waals surface area contributed by atoms with Gasteiger partial charge < -0.3 is 9.63 Å². The zero-order valence-corrected chi connectivity index (χ0v) is 16.7. The molecule has 0 amide bonds. The second kappa shape index (κ2) is 9.69. The van der Waals surface area contributed by atoms with Crippen molar-refractivity contribution in [3.05, 3.63) is 59.0 Å². The number of benzene rings is 2. The summed E-state index contributed by atoms with van der Waals surface area (Å²) in [6, 6.07) is 10.2. The molecule has 0 spiro atoms. The van der Waals surface area contributed by atoms with Gasteiger partial charge >= 0.3 is 0 Å². The number of hydrogen-bond donors (Lipinski definition) is 1. The number of hydrogen-bond acceptors (Lipinski definition) is 4. The highest BCUT2D eigenvalue weighted by atomic mass is 19.1. The predicted octanol–water partition coefficient (Wildman–Crippen LogP) is 5.67. The Kier molecular flexibility index (Phi) is 7.04. The van der Waals surface area contributed by atoms with E-state index in [1.807, 2.05) is 12.1 Å². The van der Waals surface area contributed by atoms with Gasteiger partial charge in [-0.25, -0.2) is 4.39 Å². The Hall–Kier alpha value is -2.40. The SMILES string of the molecule is CCCCN(CCCC)Cc1c(O)ccc2c(Cc3ccccc3F)noc12. The van der Waals surface area contributed by atoms with E-state index in [4.69, 9.17) is 4.52 Å². The van der Waals surface area contributed by atoms with E-state index in [1.165, 1.54) is 6.07 Å². The van der Waals surface area contributed by atoms with Gasteiger partial charge in [-0.3, -0.25) is 4.90 Å². The van der Waals surface area contributed by atoms with Gasteiger partial charge in [0.15, 0.2) is 5.58 Å². The van der Waals surface area contributed by atoms with Crippen molar-refractivity contribution >= 4 is 11.0 Å². The second-order valence-electron chi connectivity index (χ2n) is 7.32. The van der Waals surface area contributed by atoms with E-state index in [1.54, 1.807) is 18.2 Å². The van der Waals surface area contributed by atoms with Gasteiger partial charge in [-0.1, -0.05) is 50.0 Å². The fourth-order valence-corrected chi connectivity index (χ4v) is 3.46. The molecule has 0 atom stereocenters. The van der Waals surface area contributed by atoms with Gasteiger partial charge in [0.05, 0.1) is 11.3 Å². The molecular formula is C23H29FN2O2. The first kappa shape index (κ1) is 20.3. The van der Waals surface area contributed by atoms with E-state index >= 15 is 0 Å². The molecule has 0 radical (unpaired) electrons. The number of halogens is 1. The highest BCUT2D eigenvalue weighted by Crippen LogP contribution is 2.31. The minimum Gasteiger partial charge on any atom is -0.507 e. The molecule has 0 aliphatic carbocycles. The smallest absolute Gasteiger partial charge is 0.175 e. The first-order chi connectivity index (χ1) is 13.6. The van der Waals surface area contributed by atoms with Gasteiger partial charge in [0.2, 0.25) is 0 Å². The van der Waals surface area contributed by atoms with Crippen LogP contribution in [0.5, 0.6) is 5.75 Å². The molecule has 0 saturated carbocycles. The number of phenolic OH excluding ortho intramolecular Hbond substituents is 1. The van der Waals surface area contributed by atoms with Crippen molar-refractivity contribution in [2.75, 3.05) is 13.1 Å². The third-order valence-electron chi connectivity index (χ3n) is 5.15. The Balaban J connectivity index is 1.89. The lowest BCUT2D eigenvalue weighted by Crippen LogP contribution is -2.25. The number of fused-ring (bicyclic) bond motifs is 1. The topological polar surface area (TPSA) is 49.5 Å². The van der Waals surface area contributed by atoms with Crippen LogP contribution >= 0.6 is 0 Å². The molecule has 4 nitrogen and oxygen atoms in total. The summed E-state index contributed by atoms with van der Waals surface area (Å²) >= 11 is 0. The third kappa shape index (κ3) is 4.71. The summed E-state index contributed by atoms with van der Waals surface area (Å²) in [5.74, 6) is -0.0259. The van der Waals surface area contributed by atoms with Gasteiger partial charge in [0.1, 0.15) is 11.6 Å². The summed E-state index contributed by atoms with van der Waals surface area (Å²) in [5.41, 5.74) is 2.64. The Morgan fingerprint density at radius 1 is 1.04 bits per heavy atom.